The summed E-state index contributed by atoms with van der Waals surface area (Å²) in [6.45, 7) is 0. The monoisotopic (exact) mass is 253 g/mol. The molecule has 0 radical (unpaired) electrons. The summed E-state index contributed by atoms with van der Waals surface area (Å²) in [5.74, 6) is 0.774. The number of rotatable bonds is 1. The Morgan fingerprint density at radius 1 is 1.38 bits per heavy atom. The molecule has 1 fully saturated rings. The van der Waals surface area contributed by atoms with Crippen molar-refractivity contribution in [1.82, 2.24) is 4.98 Å². The summed E-state index contributed by atoms with van der Waals surface area (Å²) >= 11 is 5.31. The summed E-state index contributed by atoms with van der Waals surface area (Å²) in [7, 11) is 0. The van der Waals surface area contributed by atoms with Gasteiger partial charge in [0, 0.05) is 10.4 Å². The minimum absolute atomic E-state index is 0.774. The lowest BCUT2D eigenvalue weighted by Gasteiger charge is -1.86. The quantitative estimate of drug-likeness (QED) is 0.751. The highest BCUT2D eigenvalue weighted by molar-refractivity contribution is 9.10. The van der Waals surface area contributed by atoms with Crippen molar-refractivity contribution >= 4 is 37.5 Å². The van der Waals surface area contributed by atoms with Crippen LogP contribution in [-0.4, -0.2) is 4.98 Å². The molecule has 0 unspecified atom stereocenters. The fourth-order valence-corrected chi connectivity index (χ4v) is 3.11. The van der Waals surface area contributed by atoms with Crippen LogP contribution in [0.2, 0.25) is 0 Å². The second-order valence-corrected chi connectivity index (χ2v) is 5.42. The number of halogens is 1. The van der Waals surface area contributed by atoms with Crippen LogP contribution in [0.5, 0.6) is 0 Å². The van der Waals surface area contributed by atoms with Crippen LogP contribution in [0.3, 0.4) is 0 Å². The zero-order valence-corrected chi connectivity index (χ0v) is 9.36. The molecule has 1 aliphatic carbocycles. The van der Waals surface area contributed by atoms with E-state index in [9.17, 15) is 0 Å². The summed E-state index contributed by atoms with van der Waals surface area (Å²) in [6.07, 6.45) is 2.67. The molecule has 0 bridgehead atoms. The highest BCUT2D eigenvalue weighted by atomic mass is 79.9. The van der Waals surface area contributed by atoms with E-state index in [1.165, 1.54) is 22.5 Å². The van der Waals surface area contributed by atoms with Crippen molar-refractivity contribution in [3.8, 4) is 0 Å². The second-order valence-electron chi connectivity index (χ2n) is 3.44. The molecular weight excluding hydrogens is 246 g/mol. The molecular formula is C10H8BrNS. The minimum atomic E-state index is 0.774. The number of benzene rings is 1. The smallest absolute Gasteiger partial charge is 0.0969 e. The van der Waals surface area contributed by atoms with Crippen molar-refractivity contribution < 1.29 is 0 Å². The lowest BCUT2D eigenvalue weighted by atomic mass is 10.3. The molecule has 1 heterocycles. The fourth-order valence-electron chi connectivity index (χ4n) is 1.42. The normalized spacial score (nSPS) is 16.7. The molecule has 0 aliphatic heterocycles. The van der Waals surface area contributed by atoms with Gasteiger partial charge in [-0.3, -0.25) is 0 Å². The number of hydrogen-bond donors (Lipinski definition) is 0. The van der Waals surface area contributed by atoms with Gasteiger partial charge in [0.15, 0.2) is 0 Å². The van der Waals surface area contributed by atoms with Gasteiger partial charge in [-0.1, -0.05) is 15.9 Å². The molecule has 1 aromatic carbocycles. The molecule has 1 aliphatic rings. The van der Waals surface area contributed by atoms with Gasteiger partial charge >= 0.3 is 0 Å². The van der Waals surface area contributed by atoms with Gasteiger partial charge in [-0.25, -0.2) is 4.98 Å². The molecule has 3 heteroatoms. The summed E-state index contributed by atoms with van der Waals surface area (Å²) < 4.78 is 2.45. The lowest BCUT2D eigenvalue weighted by molar-refractivity contribution is 1.10. The summed E-state index contributed by atoms with van der Waals surface area (Å²) in [5, 5.41) is 1.33. The molecule has 66 valence electrons. The summed E-state index contributed by atoms with van der Waals surface area (Å²) in [6, 6.07) is 6.29. The Balaban J connectivity index is 2.20. The largest absolute Gasteiger partial charge is 0.241 e. The molecule has 0 atom stereocenters. The molecule has 0 spiro atoms. The molecule has 0 saturated heterocycles. The number of aromatic nitrogens is 1. The van der Waals surface area contributed by atoms with E-state index in [4.69, 9.17) is 0 Å². The molecule has 2 aromatic rings. The number of thiazole rings is 1. The van der Waals surface area contributed by atoms with E-state index in [1.807, 2.05) is 11.3 Å². The van der Waals surface area contributed by atoms with Gasteiger partial charge < -0.3 is 0 Å². The Morgan fingerprint density at radius 3 is 3.00 bits per heavy atom. The molecule has 3 rings (SSSR count). The third kappa shape index (κ3) is 1.40. The maximum Gasteiger partial charge on any atom is 0.0969 e. The maximum atomic E-state index is 4.61. The third-order valence-electron chi connectivity index (χ3n) is 2.29. The van der Waals surface area contributed by atoms with Crippen molar-refractivity contribution in [3.63, 3.8) is 0 Å². The first-order chi connectivity index (χ1) is 6.33. The number of nitrogens with zero attached hydrogens (tertiary/aromatic N) is 1. The third-order valence-corrected chi connectivity index (χ3v) is 3.97. The number of fused-ring (bicyclic) bond motifs is 1. The molecule has 13 heavy (non-hydrogen) atoms. The van der Waals surface area contributed by atoms with Crippen molar-refractivity contribution in [1.29, 1.82) is 0 Å². The van der Waals surface area contributed by atoms with Crippen molar-refractivity contribution in [3.05, 3.63) is 27.7 Å². The molecule has 0 N–H and O–H groups in total. The van der Waals surface area contributed by atoms with Gasteiger partial charge in [-0.2, -0.15) is 0 Å². The maximum absolute atomic E-state index is 4.61. The number of hydrogen-bond acceptors (Lipinski definition) is 2. The Labute approximate surface area is 88.9 Å². The minimum Gasteiger partial charge on any atom is -0.241 e. The lowest BCUT2D eigenvalue weighted by Crippen LogP contribution is -1.73. The first-order valence-corrected chi connectivity index (χ1v) is 6.00. The molecule has 0 amide bonds. The molecule has 1 aromatic heterocycles. The van der Waals surface area contributed by atoms with Crippen LogP contribution in [0.15, 0.2) is 22.7 Å². The van der Waals surface area contributed by atoms with Crippen LogP contribution in [0.4, 0.5) is 0 Å². The van der Waals surface area contributed by atoms with Crippen molar-refractivity contribution in [2.45, 2.75) is 18.8 Å². The summed E-state index contributed by atoms with van der Waals surface area (Å²) in [4.78, 5) is 4.61. The van der Waals surface area contributed by atoms with Crippen LogP contribution in [0.25, 0.3) is 10.2 Å². The standard InChI is InChI=1S/C10H8BrNS/c11-7-3-4-8-9(5-7)13-10(12-8)6-1-2-6/h3-6H,1-2H2. The first-order valence-electron chi connectivity index (χ1n) is 4.39. The predicted octanol–water partition coefficient (Wildman–Crippen LogP) is 3.94. The van der Waals surface area contributed by atoms with Gasteiger partial charge in [-0.15, -0.1) is 11.3 Å². The zero-order chi connectivity index (χ0) is 8.84. The topological polar surface area (TPSA) is 12.9 Å². The average molecular weight is 254 g/mol. The first kappa shape index (κ1) is 7.94. The van der Waals surface area contributed by atoms with E-state index in [-0.39, 0.29) is 0 Å². The van der Waals surface area contributed by atoms with Gasteiger partial charge in [0.1, 0.15) is 0 Å². The van der Waals surface area contributed by atoms with Crippen molar-refractivity contribution in [2.75, 3.05) is 0 Å². The van der Waals surface area contributed by atoms with Crippen LogP contribution in [0.1, 0.15) is 23.8 Å². The van der Waals surface area contributed by atoms with E-state index < -0.39 is 0 Å². The SMILES string of the molecule is Brc1ccc2nc(C3CC3)sc2c1. The highest BCUT2D eigenvalue weighted by Crippen LogP contribution is 2.43. The van der Waals surface area contributed by atoms with Crippen LogP contribution in [0, 0.1) is 0 Å². The second kappa shape index (κ2) is 2.79. The Kier molecular flexibility index (Phi) is 1.70. The van der Waals surface area contributed by atoms with Gasteiger partial charge in [0.2, 0.25) is 0 Å². The van der Waals surface area contributed by atoms with Crippen LogP contribution in [-0.2, 0) is 0 Å². The Hall–Kier alpha value is -0.410. The molecule has 1 saturated carbocycles. The van der Waals surface area contributed by atoms with Crippen LogP contribution < -0.4 is 0 Å². The van der Waals surface area contributed by atoms with E-state index in [0.717, 1.165) is 15.9 Å². The molecule has 1 nitrogen and oxygen atoms in total. The van der Waals surface area contributed by atoms with E-state index >= 15 is 0 Å². The van der Waals surface area contributed by atoms with Gasteiger partial charge in [0.25, 0.3) is 0 Å². The summed E-state index contributed by atoms with van der Waals surface area (Å²) in [5.41, 5.74) is 1.15. The highest BCUT2D eigenvalue weighted by Gasteiger charge is 2.26. The fraction of sp³-hybridized carbons (Fsp3) is 0.300. The van der Waals surface area contributed by atoms with Crippen molar-refractivity contribution in [2.24, 2.45) is 0 Å². The predicted molar refractivity (Wildman–Crippen MR) is 59.3 cm³/mol. The van der Waals surface area contributed by atoms with E-state index in [2.05, 4.69) is 39.1 Å². The average Bonchev–Trinajstić information content (AvgIpc) is 2.87. The zero-order valence-electron chi connectivity index (χ0n) is 6.96. The Bertz CT molecular complexity index is 459. The Morgan fingerprint density at radius 2 is 2.23 bits per heavy atom. The van der Waals surface area contributed by atoms with E-state index in [0.29, 0.717) is 0 Å². The van der Waals surface area contributed by atoms with E-state index in [1.54, 1.807) is 0 Å². The van der Waals surface area contributed by atoms with Crippen LogP contribution >= 0.6 is 27.3 Å². The van der Waals surface area contributed by atoms with Gasteiger partial charge in [-0.05, 0) is 31.0 Å². The van der Waals surface area contributed by atoms with Gasteiger partial charge in [0.05, 0.1) is 15.2 Å².